The van der Waals surface area contributed by atoms with Crippen LogP contribution in [0.3, 0.4) is 0 Å². The van der Waals surface area contributed by atoms with E-state index in [2.05, 4.69) is 22.0 Å². The number of rotatable bonds is 5. The fraction of sp³-hybridized carbons (Fsp3) is 0.250. The van der Waals surface area contributed by atoms with Crippen LogP contribution >= 0.6 is 0 Å². The highest BCUT2D eigenvalue weighted by Gasteiger charge is 2.20. The van der Waals surface area contributed by atoms with Gasteiger partial charge in [-0.2, -0.15) is 5.10 Å². The summed E-state index contributed by atoms with van der Waals surface area (Å²) in [5.41, 5.74) is 5.91. The predicted octanol–water partition coefficient (Wildman–Crippen LogP) is 3.73. The number of hydrogen-bond donors (Lipinski definition) is 0. The molecule has 0 aliphatic rings. The lowest BCUT2D eigenvalue weighted by Gasteiger charge is -2.12. The molecular formula is C24H24N6O2. The maximum atomic E-state index is 13.4. The summed E-state index contributed by atoms with van der Waals surface area (Å²) in [5.74, 6) is 0.711. The van der Waals surface area contributed by atoms with Gasteiger partial charge in [-0.15, -0.1) is 0 Å². The summed E-state index contributed by atoms with van der Waals surface area (Å²) in [4.78, 5) is 22.2. The normalized spacial score (nSPS) is 11.5. The lowest BCUT2D eigenvalue weighted by atomic mass is 10.0. The lowest BCUT2D eigenvalue weighted by molar-refractivity contribution is 0.417. The minimum atomic E-state index is -0.119. The molecule has 4 heterocycles. The SMILES string of the molecule is CCc1cnccc1-n1c(=O)n(C)c2cnc3cc(OC)c(-c4cnn(CC)c4)cc3c21. The van der Waals surface area contributed by atoms with Crippen molar-refractivity contribution in [3.8, 4) is 22.6 Å². The van der Waals surface area contributed by atoms with Gasteiger partial charge in [-0.05, 0) is 31.0 Å². The lowest BCUT2D eigenvalue weighted by Crippen LogP contribution is -2.21. The number of methoxy groups -OCH3 is 1. The summed E-state index contributed by atoms with van der Waals surface area (Å²) >= 11 is 0. The van der Waals surface area contributed by atoms with E-state index < -0.39 is 0 Å². The van der Waals surface area contributed by atoms with Crippen LogP contribution in [0.25, 0.3) is 38.8 Å². The van der Waals surface area contributed by atoms with E-state index in [1.165, 1.54) is 0 Å². The van der Waals surface area contributed by atoms with E-state index in [1.807, 2.05) is 48.4 Å². The molecule has 32 heavy (non-hydrogen) atoms. The molecule has 162 valence electrons. The van der Waals surface area contributed by atoms with Crippen molar-refractivity contribution in [2.24, 2.45) is 7.05 Å². The van der Waals surface area contributed by atoms with Gasteiger partial charge in [0, 0.05) is 54.8 Å². The molecule has 0 saturated carbocycles. The summed E-state index contributed by atoms with van der Waals surface area (Å²) in [6.45, 7) is 4.89. The molecule has 0 radical (unpaired) electrons. The largest absolute Gasteiger partial charge is 0.496 e. The first-order valence-electron chi connectivity index (χ1n) is 10.6. The molecule has 0 fully saturated rings. The van der Waals surface area contributed by atoms with Crippen LogP contribution in [0.5, 0.6) is 5.75 Å². The molecule has 0 unspecified atom stereocenters. The van der Waals surface area contributed by atoms with Crippen molar-refractivity contribution in [2.45, 2.75) is 26.8 Å². The Kier molecular flexibility index (Phi) is 4.77. The Morgan fingerprint density at radius 2 is 1.97 bits per heavy atom. The first-order valence-corrected chi connectivity index (χ1v) is 10.6. The summed E-state index contributed by atoms with van der Waals surface area (Å²) in [5, 5.41) is 5.29. The zero-order valence-electron chi connectivity index (χ0n) is 18.5. The summed E-state index contributed by atoms with van der Waals surface area (Å²) in [7, 11) is 3.42. The second-order valence-electron chi connectivity index (χ2n) is 7.68. The molecule has 0 aliphatic heterocycles. The maximum absolute atomic E-state index is 13.4. The van der Waals surface area contributed by atoms with Gasteiger partial charge in [0.05, 0.1) is 41.7 Å². The Balaban J connectivity index is 1.91. The van der Waals surface area contributed by atoms with Gasteiger partial charge in [0.1, 0.15) is 5.75 Å². The first kappa shape index (κ1) is 20.0. The van der Waals surface area contributed by atoms with Crippen molar-refractivity contribution in [3.05, 3.63) is 65.2 Å². The van der Waals surface area contributed by atoms with Crippen LogP contribution < -0.4 is 10.4 Å². The number of aromatic nitrogens is 6. The standard InChI is InChI=1S/C24H24N6O2/c1-5-15-11-25-8-7-20(15)30-23-18-9-17(16-12-27-29(6-2)14-16)22(32-4)10-19(18)26-13-21(23)28(3)24(30)31/h7-14H,5-6H2,1-4H3. The number of benzene rings is 1. The van der Waals surface area contributed by atoms with E-state index >= 15 is 0 Å². The summed E-state index contributed by atoms with van der Waals surface area (Å²) in [6.07, 6.45) is 9.87. The Bertz CT molecular complexity index is 1530. The molecule has 4 aromatic heterocycles. The van der Waals surface area contributed by atoms with Crippen LogP contribution in [-0.4, -0.2) is 36.0 Å². The molecule has 5 rings (SSSR count). The molecule has 0 N–H and O–H groups in total. The van der Waals surface area contributed by atoms with Crippen molar-refractivity contribution in [2.75, 3.05) is 7.11 Å². The van der Waals surface area contributed by atoms with Gasteiger partial charge in [0.15, 0.2) is 0 Å². The molecule has 0 aliphatic carbocycles. The number of imidazole rings is 1. The zero-order valence-corrected chi connectivity index (χ0v) is 18.5. The van der Waals surface area contributed by atoms with Crippen LogP contribution in [0.4, 0.5) is 0 Å². The average Bonchev–Trinajstić information content (AvgIpc) is 3.41. The first-order chi connectivity index (χ1) is 15.6. The Hall–Kier alpha value is -3.94. The molecule has 0 amide bonds. The Morgan fingerprint density at radius 3 is 2.69 bits per heavy atom. The van der Waals surface area contributed by atoms with Crippen molar-refractivity contribution in [1.29, 1.82) is 0 Å². The third kappa shape index (κ3) is 2.90. The van der Waals surface area contributed by atoms with Gasteiger partial charge in [-0.1, -0.05) is 6.92 Å². The van der Waals surface area contributed by atoms with E-state index in [0.717, 1.165) is 57.3 Å². The van der Waals surface area contributed by atoms with E-state index in [4.69, 9.17) is 4.74 Å². The monoisotopic (exact) mass is 428 g/mol. The zero-order chi connectivity index (χ0) is 22.4. The minimum absolute atomic E-state index is 0.119. The summed E-state index contributed by atoms with van der Waals surface area (Å²) in [6, 6.07) is 5.85. The van der Waals surface area contributed by atoms with Crippen LogP contribution in [0.15, 0.2) is 54.0 Å². The fourth-order valence-corrected chi connectivity index (χ4v) is 4.23. The quantitative estimate of drug-likeness (QED) is 0.426. The highest BCUT2D eigenvalue weighted by Crippen LogP contribution is 2.36. The van der Waals surface area contributed by atoms with E-state index in [9.17, 15) is 4.79 Å². The molecule has 1 aromatic carbocycles. The number of fused-ring (bicyclic) bond motifs is 3. The van der Waals surface area contributed by atoms with Crippen molar-refractivity contribution in [3.63, 3.8) is 0 Å². The van der Waals surface area contributed by atoms with Gasteiger partial charge in [0.2, 0.25) is 0 Å². The molecule has 0 atom stereocenters. The van der Waals surface area contributed by atoms with Crippen LogP contribution in [-0.2, 0) is 20.0 Å². The molecule has 0 saturated heterocycles. The van der Waals surface area contributed by atoms with Gasteiger partial charge < -0.3 is 4.74 Å². The highest BCUT2D eigenvalue weighted by molar-refractivity contribution is 6.05. The fourth-order valence-electron chi connectivity index (χ4n) is 4.23. The third-order valence-electron chi connectivity index (χ3n) is 5.97. The van der Waals surface area contributed by atoms with Crippen molar-refractivity contribution < 1.29 is 4.74 Å². The number of nitrogens with zero attached hydrogens (tertiary/aromatic N) is 6. The van der Waals surface area contributed by atoms with Crippen LogP contribution in [0, 0.1) is 0 Å². The highest BCUT2D eigenvalue weighted by atomic mass is 16.5. The second-order valence-corrected chi connectivity index (χ2v) is 7.68. The molecule has 0 bridgehead atoms. The Labute approximate surface area is 184 Å². The number of pyridine rings is 2. The van der Waals surface area contributed by atoms with Crippen LogP contribution in [0.2, 0.25) is 0 Å². The smallest absolute Gasteiger partial charge is 0.333 e. The Morgan fingerprint density at radius 1 is 1.12 bits per heavy atom. The molecule has 8 nitrogen and oxygen atoms in total. The topological polar surface area (TPSA) is 79.8 Å². The molecule has 8 heteroatoms. The van der Waals surface area contributed by atoms with Gasteiger partial charge in [-0.3, -0.25) is 23.8 Å². The molecule has 5 aromatic rings. The van der Waals surface area contributed by atoms with Gasteiger partial charge in [0.25, 0.3) is 0 Å². The number of ether oxygens (including phenoxy) is 1. The summed E-state index contributed by atoms with van der Waals surface area (Å²) < 4.78 is 11.0. The third-order valence-corrected chi connectivity index (χ3v) is 5.97. The van der Waals surface area contributed by atoms with Crippen molar-refractivity contribution >= 4 is 21.9 Å². The maximum Gasteiger partial charge on any atom is 0.333 e. The van der Waals surface area contributed by atoms with E-state index in [0.29, 0.717) is 5.75 Å². The molecular weight excluding hydrogens is 404 g/mol. The van der Waals surface area contributed by atoms with Gasteiger partial charge >= 0.3 is 5.69 Å². The molecule has 0 spiro atoms. The number of aryl methyl sites for hydroxylation is 3. The van der Waals surface area contributed by atoms with E-state index in [-0.39, 0.29) is 5.69 Å². The minimum Gasteiger partial charge on any atom is -0.496 e. The van der Waals surface area contributed by atoms with Crippen molar-refractivity contribution in [1.82, 2.24) is 28.9 Å². The van der Waals surface area contributed by atoms with E-state index in [1.54, 1.807) is 35.7 Å². The van der Waals surface area contributed by atoms with Crippen LogP contribution in [0.1, 0.15) is 19.4 Å². The predicted molar refractivity (Wildman–Crippen MR) is 124 cm³/mol. The number of hydrogen-bond acceptors (Lipinski definition) is 5. The second kappa shape index (κ2) is 7.64. The van der Waals surface area contributed by atoms with Gasteiger partial charge in [-0.25, -0.2) is 4.79 Å². The average molecular weight is 428 g/mol.